The van der Waals surface area contributed by atoms with E-state index >= 15 is 0 Å². The van der Waals surface area contributed by atoms with Gasteiger partial charge in [-0.15, -0.1) is 0 Å². The van der Waals surface area contributed by atoms with Crippen LogP contribution in [-0.4, -0.2) is 39.9 Å². The lowest BCUT2D eigenvalue weighted by Crippen LogP contribution is -2.31. The van der Waals surface area contributed by atoms with E-state index in [0.717, 1.165) is 18.6 Å². The Balaban J connectivity index is 2.45. The molecule has 138 valence electrons. The minimum atomic E-state index is -3.89. The number of hydrogen-bond acceptors (Lipinski definition) is 5. The molecule has 0 unspecified atom stereocenters. The summed E-state index contributed by atoms with van der Waals surface area (Å²) in [6.45, 7) is 8.18. The summed E-state index contributed by atoms with van der Waals surface area (Å²) in [7, 11) is -2.24. The molecule has 0 aromatic heterocycles. The maximum absolute atomic E-state index is 12.8. The molecular weight excluding hydrogens is 335 g/mol. The number of benzene rings is 1. The third kappa shape index (κ3) is 7.25. The van der Waals surface area contributed by atoms with Crippen LogP contribution in [0.15, 0.2) is 29.2 Å². The molecule has 0 heterocycles. The van der Waals surface area contributed by atoms with Gasteiger partial charge >= 0.3 is 0 Å². The van der Waals surface area contributed by atoms with E-state index in [4.69, 9.17) is 13.7 Å². The molecule has 1 aromatic carbocycles. The van der Waals surface area contributed by atoms with Crippen molar-refractivity contribution in [3.05, 3.63) is 30.1 Å². The van der Waals surface area contributed by atoms with Crippen LogP contribution in [0.3, 0.4) is 0 Å². The molecule has 0 aliphatic rings. The highest BCUT2D eigenvalue weighted by Crippen LogP contribution is 2.20. The zero-order valence-corrected chi connectivity index (χ0v) is 15.8. The molecule has 24 heavy (non-hydrogen) atoms. The molecule has 0 bridgehead atoms. The predicted octanol–water partition coefficient (Wildman–Crippen LogP) is 3.53. The second kappa shape index (κ2) is 8.38. The van der Waals surface area contributed by atoms with Crippen molar-refractivity contribution in [2.24, 2.45) is 0 Å². The predicted molar refractivity (Wildman–Crippen MR) is 89.9 cm³/mol. The summed E-state index contributed by atoms with van der Waals surface area (Å²) < 4.78 is 53.0. The monoisotopic (exact) mass is 362 g/mol. The molecule has 0 amide bonds. The van der Waals surface area contributed by atoms with E-state index in [-0.39, 0.29) is 17.1 Å². The van der Waals surface area contributed by atoms with E-state index in [9.17, 15) is 12.8 Å². The lowest BCUT2D eigenvalue weighted by molar-refractivity contribution is -0.0645. The fraction of sp³-hybridized carbons (Fsp3) is 0.647. The van der Waals surface area contributed by atoms with Gasteiger partial charge in [-0.3, -0.25) is 4.18 Å². The van der Waals surface area contributed by atoms with E-state index in [1.54, 1.807) is 7.11 Å². The van der Waals surface area contributed by atoms with Crippen LogP contribution in [0, 0.1) is 5.82 Å². The Morgan fingerprint density at radius 3 is 2.04 bits per heavy atom. The van der Waals surface area contributed by atoms with Crippen LogP contribution in [0.1, 0.15) is 40.5 Å². The van der Waals surface area contributed by atoms with Gasteiger partial charge in [0.2, 0.25) is 0 Å². The first-order valence-electron chi connectivity index (χ1n) is 7.82. The van der Waals surface area contributed by atoms with Gasteiger partial charge in [0.15, 0.2) is 0 Å². The first-order valence-corrected chi connectivity index (χ1v) is 9.22. The number of hydrogen-bond donors (Lipinski definition) is 0. The normalized spacial score (nSPS) is 13.2. The van der Waals surface area contributed by atoms with Gasteiger partial charge in [0, 0.05) is 13.5 Å². The van der Waals surface area contributed by atoms with Gasteiger partial charge in [-0.05, 0) is 58.4 Å². The van der Waals surface area contributed by atoms with Crippen molar-refractivity contribution in [2.75, 3.05) is 20.3 Å². The third-order valence-electron chi connectivity index (χ3n) is 3.79. The third-order valence-corrected chi connectivity index (χ3v) is 5.12. The molecule has 5 nitrogen and oxygen atoms in total. The lowest BCUT2D eigenvalue weighted by atomic mass is 10.0. The molecule has 0 atom stereocenters. The van der Waals surface area contributed by atoms with Gasteiger partial charge in [0.1, 0.15) is 5.82 Å². The molecule has 7 heteroatoms. The van der Waals surface area contributed by atoms with E-state index in [2.05, 4.69) is 0 Å². The summed E-state index contributed by atoms with van der Waals surface area (Å²) in [6.07, 6.45) is 1.13. The van der Waals surface area contributed by atoms with Crippen molar-refractivity contribution < 1.29 is 26.5 Å². The highest BCUT2D eigenvalue weighted by Gasteiger charge is 2.23. The van der Waals surface area contributed by atoms with Gasteiger partial charge in [-0.2, -0.15) is 8.42 Å². The summed E-state index contributed by atoms with van der Waals surface area (Å²) >= 11 is 0. The minimum Gasteiger partial charge on any atom is -0.379 e. The highest BCUT2D eigenvalue weighted by molar-refractivity contribution is 7.86. The highest BCUT2D eigenvalue weighted by atomic mass is 32.2. The SMILES string of the molecule is COC(C)(C)CCOC(C)(C)CCOS(=O)(=O)c1ccc(F)cc1. The summed E-state index contributed by atoms with van der Waals surface area (Å²) in [5.41, 5.74) is -0.791. The van der Waals surface area contributed by atoms with Gasteiger partial charge in [-0.1, -0.05) is 0 Å². The first-order chi connectivity index (χ1) is 11.0. The molecule has 0 fully saturated rings. The van der Waals surface area contributed by atoms with Gasteiger partial charge in [0.05, 0.1) is 29.3 Å². The maximum Gasteiger partial charge on any atom is 0.296 e. The lowest BCUT2D eigenvalue weighted by Gasteiger charge is -2.28. The molecule has 0 radical (unpaired) electrons. The van der Waals surface area contributed by atoms with Gasteiger partial charge < -0.3 is 9.47 Å². The molecule has 0 aliphatic carbocycles. The average Bonchev–Trinajstić information content (AvgIpc) is 2.46. The Morgan fingerprint density at radius 1 is 0.958 bits per heavy atom. The van der Waals surface area contributed by atoms with Crippen molar-refractivity contribution in [2.45, 2.75) is 56.6 Å². The number of rotatable bonds is 10. The van der Waals surface area contributed by atoms with E-state index in [1.165, 1.54) is 12.1 Å². The Hall–Kier alpha value is -1.02. The van der Waals surface area contributed by atoms with Crippen molar-refractivity contribution >= 4 is 10.1 Å². The number of ether oxygens (including phenoxy) is 2. The molecule has 0 N–H and O–H groups in total. The largest absolute Gasteiger partial charge is 0.379 e. The van der Waals surface area contributed by atoms with Crippen molar-refractivity contribution in [1.29, 1.82) is 0 Å². The Bertz CT molecular complexity index is 608. The molecule has 0 saturated heterocycles. The fourth-order valence-corrected chi connectivity index (χ4v) is 2.72. The van der Waals surface area contributed by atoms with Crippen LogP contribution in [0.2, 0.25) is 0 Å². The van der Waals surface area contributed by atoms with Gasteiger partial charge in [-0.25, -0.2) is 4.39 Å². The topological polar surface area (TPSA) is 61.8 Å². The summed E-state index contributed by atoms with van der Waals surface area (Å²) in [4.78, 5) is -0.0653. The van der Waals surface area contributed by atoms with Crippen LogP contribution < -0.4 is 0 Å². The Morgan fingerprint density at radius 2 is 1.50 bits per heavy atom. The second-order valence-corrected chi connectivity index (χ2v) is 8.42. The van der Waals surface area contributed by atoms with Crippen LogP contribution in [0.5, 0.6) is 0 Å². The van der Waals surface area contributed by atoms with E-state index in [1.807, 2.05) is 27.7 Å². The fourth-order valence-electron chi connectivity index (χ4n) is 1.81. The standard InChI is InChI=1S/C17H27FO5S/c1-16(2,21-5)10-12-22-17(3,4)11-13-23-24(19,20)15-8-6-14(18)7-9-15/h6-9H,10-13H2,1-5H3. The van der Waals surface area contributed by atoms with Crippen molar-refractivity contribution in [3.8, 4) is 0 Å². The molecular formula is C17H27FO5S. The van der Waals surface area contributed by atoms with Gasteiger partial charge in [0.25, 0.3) is 10.1 Å². The van der Waals surface area contributed by atoms with E-state index in [0.29, 0.717) is 13.0 Å². The smallest absolute Gasteiger partial charge is 0.296 e. The number of methoxy groups -OCH3 is 1. The molecule has 1 rings (SSSR count). The molecule has 1 aromatic rings. The zero-order valence-electron chi connectivity index (χ0n) is 15.0. The Labute approximate surface area is 144 Å². The molecule has 0 spiro atoms. The summed E-state index contributed by atoms with van der Waals surface area (Å²) in [6, 6.07) is 4.53. The average molecular weight is 362 g/mol. The number of halogens is 1. The van der Waals surface area contributed by atoms with Crippen LogP contribution >= 0.6 is 0 Å². The van der Waals surface area contributed by atoms with Crippen LogP contribution in [0.25, 0.3) is 0 Å². The van der Waals surface area contributed by atoms with Crippen molar-refractivity contribution in [3.63, 3.8) is 0 Å². The van der Waals surface area contributed by atoms with Crippen LogP contribution in [0.4, 0.5) is 4.39 Å². The quantitative estimate of drug-likeness (QED) is 0.596. The Kier molecular flexibility index (Phi) is 7.34. The summed E-state index contributed by atoms with van der Waals surface area (Å²) in [5, 5.41) is 0. The molecule has 0 aliphatic heterocycles. The zero-order chi connectivity index (χ0) is 18.4. The van der Waals surface area contributed by atoms with Crippen LogP contribution in [-0.2, 0) is 23.8 Å². The molecule has 0 saturated carbocycles. The van der Waals surface area contributed by atoms with E-state index < -0.39 is 21.5 Å². The van der Waals surface area contributed by atoms with Crippen molar-refractivity contribution in [1.82, 2.24) is 0 Å². The summed E-state index contributed by atoms with van der Waals surface area (Å²) in [5.74, 6) is -0.498. The maximum atomic E-state index is 12.8. The second-order valence-electron chi connectivity index (χ2n) is 6.80. The first kappa shape index (κ1) is 21.0. The minimum absolute atomic E-state index is 0.0135.